The Morgan fingerprint density at radius 1 is 0.647 bits per heavy atom. The molecule has 0 spiro atoms. The smallest absolute Gasteiger partial charge is 0.274 e. The topological polar surface area (TPSA) is 175 Å². The first-order valence-corrected chi connectivity index (χ1v) is 16.6. The number of nitrogens with one attached hydrogen (secondary N) is 2. The molecule has 0 fully saturated rings. The summed E-state index contributed by atoms with van der Waals surface area (Å²) >= 11 is 0. The Bertz CT molecular complexity index is 2270. The molecule has 13 nitrogen and oxygen atoms in total. The Labute approximate surface area is 290 Å². The van der Waals surface area contributed by atoms with E-state index in [-0.39, 0.29) is 39.0 Å². The zero-order valence-corrected chi connectivity index (χ0v) is 27.6. The highest BCUT2D eigenvalue weighted by molar-refractivity contribution is 7.90. The molecule has 2 amide bonds. The fourth-order valence-electron chi connectivity index (χ4n) is 4.20. The molecule has 6 aromatic rings. The third-order valence-corrected chi connectivity index (χ3v) is 7.58. The largest absolute Gasteiger partial charge is 0.454 e. The Morgan fingerprint density at radius 2 is 1.18 bits per heavy atom. The predicted molar refractivity (Wildman–Crippen MR) is 181 cm³/mol. The number of benzene rings is 3. The van der Waals surface area contributed by atoms with Gasteiger partial charge in [-0.3, -0.25) is 14.6 Å². The quantitative estimate of drug-likeness (QED) is 0.169. The second-order valence-corrected chi connectivity index (χ2v) is 12.6. The molecule has 16 heteroatoms. The number of sulfone groups is 1. The molecule has 0 aliphatic rings. The summed E-state index contributed by atoms with van der Waals surface area (Å²) in [5, 5.41) is 5.11. The SMILES string of the molecule is CS(=O)(=O)c1cccc(C(=O)Nc2cc(F)cc(Oc3cncnc3)c2)c1.Cc1ccc(C(=O)Nc2cc(F)cc(Oc3cncnc3)c2)nc1. The van der Waals surface area contributed by atoms with E-state index in [0.29, 0.717) is 11.5 Å². The maximum Gasteiger partial charge on any atom is 0.274 e. The van der Waals surface area contributed by atoms with Crippen molar-refractivity contribution in [3.05, 3.63) is 145 Å². The number of aryl methyl sites for hydroxylation is 1. The molecule has 51 heavy (non-hydrogen) atoms. The van der Waals surface area contributed by atoms with Crippen molar-refractivity contribution in [2.75, 3.05) is 16.9 Å². The molecule has 0 aliphatic heterocycles. The number of ether oxygens (including phenoxy) is 2. The van der Waals surface area contributed by atoms with Gasteiger partial charge in [-0.15, -0.1) is 0 Å². The second kappa shape index (κ2) is 16.1. The highest BCUT2D eigenvalue weighted by Crippen LogP contribution is 2.27. The van der Waals surface area contributed by atoms with Crippen LogP contribution >= 0.6 is 0 Å². The van der Waals surface area contributed by atoms with Crippen molar-refractivity contribution in [1.29, 1.82) is 0 Å². The third kappa shape index (κ3) is 10.7. The molecule has 0 saturated heterocycles. The van der Waals surface area contributed by atoms with Crippen LogP contribution < -0.4 is 20.1 Å². The maximum atomic E-state index is 13.9. The Kier molecular flexibility index (Phi) is 11.3. The molecular formula is C35H27F2N7O6S. The highest BCUT2D eigenvalue weighted by Gasteiger charge is 2.14. The van der Waals surface area contributed by atoms with Gasteiger partial charge in [0.25, 0.3) is 11.8 Å². The molecule has 3 aromatic carbocycles. The van der Waals surface area contributed by atoms with Gasteiger partial charge in [-0.25, -0.2) is 37.1 Å². The van der Waals surface area contributed by atoms with Gasteiger partial charge in [0, 0.05) is 53.7 Å². The van der Waals surface area contributed by atoms with Crippen LogP contribution in [0.5, 0.6) is 23.0 Å². The number of anilines is 2. The summed E-state index contributed by atoms with van der Waals surface area (Å²) in [7, 11) is -3.45. The van der Waals surface area contributed by atoms with Crippen molar-refractivity contribution in [2.45, 2.75) is 11.8 Å². The molecule has 3 aromatic heterocycles. The average Bonchev–Trinajstić information content (AvgIpc) is 3.09. The Hall–Kier alpha value is -6.68. The van der Waals surface area contributed by atoms with Gasteiger partial charge in [-0.1, -0.05) is 12.1 Å². The lowest BCUT2D eigenvalue weighted by atomic mass is 10.2. The van der Waals surface area contributed by atoms with Crippen molar-refractivity contribution >= 4 is 33.0 Å². The summed E-state index contributed by atoms with van der Waals surface area (Å²) in [6.07, 6.45) is 11.0. The van der Waals surface area contributed by atoms with Crippen LogP contribution in [0.3, 0.4) is 0 Å². The van der Waals surface area contributed by atoms with Crippen LogP contribution in [0.2, 0.25) is 0 Å². The summed E-state index contributed by atoms with van der Waals surface area (Å²) in [5.41, 5.74) is 1.72. The van der Waals surface area contributed by atoms with Crippen molar-refractivity contribution < 1.29 is 36.3 Å². The van der Waals surface area contributed by atoms with E-state index in [0.717, 1.165) is 24.0 Å². The number of rotatable bonds is 9. The standard InChI is InChI=1S/C18H14FN3O4S.C17H13FN4O2/c1-27(24,25)17-4-2-3-12(5-17)18(23)22-14-6-13(19)7-15(8-14)26-16-9-20-11-21-10-16;1-11-2-3-16(21-7-11)17(23)22-13-4-12(18)5-14(6-13)24-15-8-19-10-20-9-15/h2-11H,1H3,(H,22,23);2-10H,1H3,(H,22,23). The fourth-order valence-corrected chi connectivity index (χ4v) is 4.87. The summed E-state index contributed by atoms with van der Waals surface area (Å²) < 4.78 is 61.8. The number of carbonyl (C=O) groups is 2. The molecule has 0 atom stereocenters. The van der Waals surface area contributed by atoms with Gasteiger partial charge in [0.1, 0.15) is 41.5 Å². The number of pyridine rings is 1. The molecule has 0 unspecified atom stereocenters. The molecule has 2 N–H and O–H groups in total. The van der Waals surface area contributed by atoms with E-state index in [4.69, 9.17) is 9.47 Å². The lowest BCUT2D eigenvalue weighted by molar-refractivity contribution is 0.101. The van der Waals surface area contributed by atoms with Crippen LogP contribution in [0, 0.1) is 18.6 Å². The summed E-state index contributed by atoms with van der Waals surface area (Å²) in [5.74, 6) is -1.15. The van der Waals surface area contributed by atoms with Gasteiger partial charge < -0.3 is 20.1 Å². The lowest BCUT2D eigenvalue weighted by Gasteiger charge is -2.10. The van der Waals surface area contributed by atoms with Gasteiger partial charge in [-0.2, -0.15) is 0 Å². The molecule has 6 rings (SSSR count). The van der Waals surface area contributed by atoms with Crippen LogP contribution in [-0.4, -0.2) is 51.4 Å². The number of aromatic nitrogens is 5. The first-order chi connectivity index (χ1) is 24.4. The zero-order valence-electron chi connectivity index (χ0n) is 26.8. The Morgan fingerprint density at radius 3 is 1.67 bits per heavy atom. The van der Waals surface area contributed by atoms with Gasteiger partial charge in [0.2, 0.25) is 0 Å². The fraction of sp³-hybridized carbons (Fsp3) is 0.0571. The van der Waals surface area contributed by atoms with E-state index in [1.54, 1.807) is 18.3 Å². The minimum Gasteiger partial charge on any atom is -0.454 e. The average molecular weight is 712 g/mol. The predicted octanol–water partition coefficient (Wildman–Crippen LogP) is 6.43. The summed E-state index contributed by atoms with van der Waals surface area (Å²) in [4.78, 5) is 43.8. The minimum absolute atomic E-state index is 0.0162. The van der Waals surface area contributed by atoms with Gasteiger partial charge in [0.15, 0.2) is 21.3 Å². The molecule has 258 valence electrons. The van der Waals surface area contributed by atoms with Crippen molar-refractivity contribution in [3.63, 3.8) is 0 Å². The van der Waals surface area contributed by atoms with Crippen molar-refractivity contribution in [1.82, 2.24) is 24.9 Å². The number of hydrogen-bond donors (Lipinski definition) is 2. The molecule has 3 heterocycles. The molecule has 0 aliphatic carbocycles. The first-order valence-electron chi connectivity index (χ1n) is 14.7. The molecule has 0 bridgehead atoms. The van der Waals surface area contributed by atoms with Gasteiger partial charge >= 0.3 is 0 Å². The number of nitrogens with zero attached hydrogens (tertiary/aromatic N) is 5. The van der Waals surface area contributed by atoms with E-state index in [1.807, 2.05) is 6.92 Å². The lowest BCUT2D eigenvalue weighted by Crippen LogP contribution is -2.13. The van der Waals surface area contributed by atoms with Crippen LogP contribution in [0.25, 0.3) is 0 Å². The van der Waals surface area contributed by atoms with Crippen molar-refractivity contribution in [2.24, 2.45) is 0 Å². The highest BCUT2D eigenvalue weighted by atomic mass is 32.2. The van der Waals surface area contributed by atoms with E-state index >= 15 is 0 Å². The number of amides is 2. The minimum atomic E-state index is -3.45. The van der Waals surface area contributed by atoms with E-state index in [2.05, 4.69) is 35.6 Å². The van der Waals surface area contributed by atoms with E-state index in [1.165, 1.54) is 86.0 Å². The van der Waals surface area contributed by atoms with E-state index < -0.39 is 33.3 Å². The van der Waals surface area contributed by atoms with Crippen molar-refractivity contribution in [3.8, 4) is 23.0 Å². The summed E-state index contributed by atoms with van der Waals surface area (Å²) in [6.45, 7) is 1.87. The number of halogens is 2. The van der Waals surface area contributed by atoms with Crippen LogP contribution in [0.15, 0.2) is 121 Å². The molecular weight excluding hydrogens is 684 g/mol. The number of carbonyl (C=O) groups excluding carboxylic acids is 2. The van der Waals surface area contributed by atoms with E-state index in [9.17, 15) is 26.8 Å². The third-order valence-electron chi connectivity index (χ3n) is 6.47. The zero-order chi connectivity index (χ0) is 36.4. The van der Waals surface area contributed by atoms with Crippen LogP contribution in [-0.2, 0) is 9.84 Å². The van der Waals surface area contributed by atoms with Crippen LogP contribution in [0.1, 0.15) is 26.4 Å². The summed E-state index contributed by atoms with van der Waals surface area (Å²) in [6, 6.07) is 16.5. The monoisotopic (exact) mass is 711 g/mol. The molecule has 0 radical (unpaired) electrons. The number of hydrogen-bond acceptors (Lipinski definition) is 11. The normalized spacial score (nSPS) is 10.7. The first kappa shape index (κ1) is 35.6. The Balaban J connectivity index is 0.000000199. The van der Waals surface area contributed by atoms with Gasteiger partial charge in [-0.05, 0) is 48.9 Å². The molecule has 0 saturated carbocycles. The maximum absolute atomic E-state index is 13.9. The second-order valence-electron chi connectivity index (χ2n) is 10.6. The van der Waals surface area contributed by atoms with Crippen LogP contribution in [0.4, 0.5) is 20.2 Å². The van der Waals surface area contributed by atoms with Gasteiger partial charge in [0.05, 0.1) is 29.7 Å².